The Labute approximate surface area is 126 Å². The molecule has 0 saturated carbocycles. The van der Waals surface area contributed by atoms with Crippen molar-refractivity contribution in [2.45, 2.75) is 50.3 Å². The summed E-state index contributed by atoms with van der Waals surface area (Å²) in [6.45, 7) is 6.85. The monoisotopic (exact) mass is 316 g/mol. The van der Waals surface area contributed by atoms with Gasteiger partial charge in [-0.25, -0.2) is 13.1 Å². The lowest BCUT2D eigenvalue weighted by Crippen LogP contribution is -2.40. The third-order valence-electron chi connectivity index (χ3n) is 3.55. The van der Waals surface area contributed by atoms with Gasteiger partial charge in [0.15, 0.2) is 0 Å². The van der Waals surface area contributed by atoms with Crippen molar-refractivity contribution >= 4 is 10.0 Å². The summed E-state index contributed by atoms with van der Waals surface area (Å²) in [5.41, 5.74) is 0. The molecular weight excluding hydrogens is 292 g/mol. The number of likely N-dealkylation sites (N-methyl/N-ethyl adjacent to an activating group) is 1. The molecular formula is C13H24N4O3S. The summed E-state index contributed by atoms with van der Waals surface area (Å²) in [7, 11) is -3.54. The molecule has 120 valence electrons. The highest BCUT2D eigenvalue weighted by Crippen LogP contribution is 2.17. The molecule has 1 aromatic rings. The highest BCUT2D eigenvalue weighted by atomic mass is 32.2. The number of hydrogen-bond donors (Lipinski definition) is 2. The Morgan fingerprint density at radius 2 is 2.38 bits per heavy atom. The predicted molar refractivity (Wildman–Crippen MR) is 79.5 cm³/mol. The van der Waals surface area contributed by atoms with Crippen molar-refractivity contribution in [3.05, 3.63) is 12.4 Å². The van der Waals surface area contributed by atoms with Crippen LogP contribution in [-0.2, 0) is 21.3 Å². The SMILES string of the molecule is CCNCCn1cc(S(=O)(=O)NC(C)C2CCCO2)cn1. The second-order valence-electron chi connectivity index (χ2n) is 5.25. The molecule has 1 fully saturated rings. The van der Waals surface area contributed by atoms with Crippen molar-refractivity contribution in [3.63, 3.8) is 0 Å². The highest BCUT2D eigenvalue weighted by Gasteiger charge is 2.27. The van der Waals surface area contributed by atoms with Crippen LogP contribution in [0.5, 0.6) is 0 Å². The van der Waals surface area contributed by atoms with E-state index in [0.717, 1.165) is 25.9 Å². The summed E-state index contributed by atoms with van der Waals surface area (Å²) in [6.07, 6.45) is 4.78. The maximum absolute atomic E-state index is 12.3. The van der Waals surface area contributed by atoms with E-state index in [2.05, 4.69) is 15.1 Å². The molecule has 1 saturated heterocycles. The highest BCUT2D eigenvalue weighted by molar-refractivity contribution is 7.89. The molecule has 2 unspecified atom stereocenters. The van der Waals surface area contributed by atoms with Gasteiger partial charge in [0, 0.05) is 25.4 Å². The van der Waals surface area contributed by atoms with E-state index >= 15 is 0 Å². The Hall–Kier alpha value is -0.960. The molecule has 2 N–H and O–H groups in total. The van der Waals surface area contributed by atoms with Gasteiger partial charge >= 0.3 is 0 Å². The van der Waals surface area contributed by atoms with Crippen molar-refractivity contribution in [3.8, 4) is 0 Å². The third kappa shape index (κ3) is 4.50. The van der Waals surface area contributed by atoms with Gasteiger partial charge in [0.05, 0.1) is 18.8 Å². The van der Waals surface area contributed by atoms with E-state index < -0.39 is 10.0 Å². The van der Waals surface area contributed by atoms with Crippen LogP contribution in [0.1, 0.15) is 26.7 Å². The van der Waals surface area contributed by atoms with Crippen molar-refractivity contribution in [2.24, 2.45) is 0 Å². The molecule has 0 spiro atoms. The molecule has 0 radical (unpaired) electrons. The van der Waals surface area contributed by atoms with Gasteiger partial charge in [0.25, 0.3) is 0 Å². The normalized spacial score (nSPS) is 20.8. The number of hydrogen-bond acceptors (Lipinski definition) is 5. The van der Waals surface area contributed by atoms with Gasteiger partial charge in [-0.1, -0.05) is 6.92 Å². The number of nitrogens with zero attached hydrogens (tertiary/aromatic N) is 2. The first-order chi connectivity index (χ1) is 10.0. The van der Waals surface area contributed by atoms with Crippen LogP contribution in [0.3, 0.4) is 0 Å². The number of nitrogens with one attached hydrogen (secondary N) is 2. The second-order valence-corrected chi connectivity index (χ2v) is 6.97. The van der Waals surface area contributed by atoms with E-state index in [-0.39, 0.29) is 17.0 Å². The van der Waals surface area contributed by atoms with E-state index in [1.807, 2.05) is 13.8 Å². The maximum Gasteiger partial charge on any atom is 0.244 e. The molecule has 0 aromatic carbocycles. The minimum atomic E-state index is -3.54. The van der Waals surface area contributed by atoms with Crippen LogP contribution in [0, 0.1) is 0 Å². The molecule has 0 aliphatic carbocycles. The Balaban J connectivity index is 1.95. The lowest BCUT2D eigenvalue weighted by Gasteiger charge is -2.19. The topological polar surface area (TPSA) is 85.2 Å². The van der Waals surface area contributed by atoms with Gasteiger partial charge in [0.2, 0.25) is 10.0 Å². The van der Waals surface area contributed by atoms with Crippen LogP contribution >= 0.6 is 0 Å². The molecule has 2 atom stereocenters. The van der Waals surface area contributed by atoms with Crippen LogP contribution in [0.25, 0.3) is 0 Å². The lowest BCUT2D eigenvalue weighted by molar-refractivity contribution is 0.0902. The fourth-order valence-corrected chi connectivity index (χ4v) is 3.59. The first kappa shape index (κ1) is 16.4. The van der Waals surface area contributed by atoms with E-state index in [9.17, 15) is 8.42 Å². The molecule has 7 nitrogen and oxygen atoms in total. The molecule has 8 heteroatoms. The van der Waals surface area contributed by atoms with E-state index in [1.165, 1.54) is 6.20 Å². The van der Waals surface area contributed by atoms with Gasteiger partial charge < -0.3 is 10.1 Å². The fourth-order valence-electron chi connectivity index (χ4n) is 2.36. The van der Waals surface area contributed by atoms with Crippen LogP contribution in [0.15, 0.2) is 17.3 Å². The summed E-state index contributed by atoms with van der Waals surface area (Å²) in [4.78, 5) is 0.198. The standard InChI is InChI=1S/C13H24N4O3S/c1-3-14-6-7-17-10-12(9-15-17)21(18,19)16-11(2)13-5-4-8-20-13/h9-11,13-14,16H,3-8H2,1-2H3. The number of aromatic nitrogens is 2. The quantitative estimate of drug-likeness (QED) is 0.676. The summed E-state index contributed by atoms with van der Waals surface area (Å²) in [6, 6.07) is -0.234. The average molecular weight is 316 g/mol. The third-order valence-corrected chi connectivity index (χ3v) is 5.06. The van der Waals surface area contributed by atoms with Crippen LogP contribution in [0.2, 0.25) is 0 Å². The average Bonchev–Trinajstić information content (AvgIpc) is 3.10. The minimum Gasteiger partial charge on any atom is -0.377 e. The molecule has 2 heterocycles. The minimum absolute atomic E-state index is 0.0384. The first-order valence-electron chi connectivity index (χ1n) is 7.40. The Morgan fingerprint density at radius 3 is 3.05 bits per heavy atom. The fraction of sp³-hybridized carbons (Fsp3) is 0.769. The van der Waals surface area contributed by atoms with E-state index in [1.54, 1.807) is 10.9 Å². The molecule has 0 bridgehead atoms. The summed E-state index contributed by atoms with van der Waals surface area (Å²) < 4.78 is 34.4. The molecule has 1 aliphatic heterocycles. The Morgan fingerprint density at radius 1 is 1.57 bits per heavy atom. The van der Waals surface area contributed by atoms with Crippen molar-refractivity contribution in [1.29, 1.82) is 0 Å². The molecule has 2 rings (SSSR count). The van der Waals surface area contributed by atoms with Gasteiger partial charge in [0.1, 0.15) is 4.90 Å². The largest absolute Gasteiger partial charge is 0.377 e. The van der Waals surface area contributed by atoms with Crippen LogP contribution in [-0.4, -0.2) is 50.0 Å². The zero-order chi connectivity index (χ0) is 15.3. The summed E-state index contributed by atoms with van der Waals surface area (Å²) >= 11 is 0. The summed E-state index contributed by atoms with van der Waals surface area (Å²) in [5, 5.41) is 7.26. The Kier molecular flexibility index (Phi) is 5.74. The van der Waals surface area contributed by atoms with Crippen LogP contribution < -0.4 is 10.0 Å². The van der Waals surface area contributed by atoms with Crippen LogP contribution in [0.4, 0.5) is 0 Å². The van der Waals surface area contributed by atoms with E-state index in [4.69, 9.17) is 4.74 Å². The second kappa shape index (κ2) is 7.35. The smallest absolute Gasteiger partial charge is 0.244 e. The van der Waals surface area contributed by atoms with Crippen molar-refractivity contribution < 1.29 is 13.2 Å². The van der Waals surface area contributed by atoms with E-state index in [0.29, 0.717) is 13.2 Å². The number of sulfonamides is 1. The summed E-state index contributed by atoms with van der Waals surface area (Å²) in [5.74, 6) is 0. The molecule has 0 amide bonds. The zero-order valence-corrected chi connectivity index (χ0v) is 13.4. The van der Waals surface area contributed by atoms with Gasteiger partial charge in [-0.05, 0) is 26.3 Å². The zero-order valence-electron chi connectivity index (χ0n) is 12.6. The van der Waals surface area contributed by atoms with Gasteiger partial charge in [-0.2, -0.15) is 5.10 Å². The van der Waals surface area contributed by atoms with Gasteiger partial charge in [-0.15, -0.1) is 0 Å². The number of ether oxygens (including phenoxy) is 1. The molecule has 21 heavy (non-hydrogen) atoms. The number of rotatable bonds is 8. The maximum atomic E-state index is 12.3. The predicted octanol–water partition coefficient (Wildman–Crippen LogP) is 0.338. The molecule has 1 aliphatic rings. The van der Waals surface area contributed by atoms with Crippen molar-refractivity contribution in [1.82, 2.24) is 19.8 Å². The Bertz CT molecular complexity index is 537. The first-order valence-corrected chi connectivity index (χ1v) is 8.88. The van der Waals surface area contributed by atoms with Crippen molar-refractivity contribution in [2.75, 3.05) is 19.7 Å². The van der Waals surface area contributed by atoms with Gasteiger partial charge in [-0.3, -0.25) is 4.68 Å². The lowest BCUT2D eigenvalue weighted by atomic mass is 10.1. The molecule has 1 aromatic heterocycles.